The summed E-state index contributed by atoms with van der Waals surface area (Å²) in [6.07, 6.45) is 2.07. The van der Waals surface area contributed by atoms with Gasteiger partial charge in [-0.25, -0.2) is 0 Å². The normalized spacial score (nSPS) is 12.8. The van der Waals surface area contributed by atoms with Crippen LogP contribution in [0.1, 0.15) is 33.5 Å². The summed E-state index contributed by atoms with van der Waals surface area (Å²) in [6.45, 7) is 10.7. The van der Waals surface area contributed by atoms with Gasteiger partial charge >= 0.3 is 0 Å². The summed E-state index contributed by atoms with van der Waals surface area (Å²) in [7, 11) is 0. The smallest absolute Gasteiger partial charge is 0.193 e. The fourth-order valence-electron chi connectivity index (χ4n) is 1.52. The molecule has 0 radical (unpaired) electrons. The predicted molar refractivity (Wildman–Crippen MR) is 74.2 cm³/mol. The third-order valence-corrected chi connectivity index (χ3v) is 2.75. The van der Waals surface area contributed by atoms with Crippen molar-refractivity contribution in [3.05, 3.63) is 28.7 Å². The summed E-state index contributed by atoms with van der Waals surface area (Å²) in [5.74, 6) is 1.99. The second-order valence-corrected chi connectivity index (χ2v) is 5.41. The Bertz CT molecular complexity index is 366. The van der Waals surface area contributed by atoms with Crippen LogP contribution in [0.5, 0.6) is 0 Å². The van der Waals surface area contributed by atoms with Crippen molar-refractivity contribution >= 4 is 17.7 Å². The lowest BCUT2D eigenvalue weighted by molar-refractivity contribution is 0.548. The Hall–Kier alpha value is -0.730. The van der Waals surface area contributed by atoms with Gasteiger partial charge < -0.3 is 9.73 Å². The van der Waals surface area contributed by atoms with Crippen LogP contribution in [0.3, 0.4) is 0 Å². The van der Waals surface area contributed by atoms with Gasteiger partial charge in [0.25, 0.3) is 0 Å². The van der Waals surface area contributed by atoms with E-state index in [1.165, 1.54) is 5.57 Å². The third kappa shape index (κ3) is 5.42. The van der Waals surface area contributed by atoms with E-state index in [1.807, 2.05) is 6.07 Å². The molecule has 0 aliphatic heterocycles. The first kappa shape index (κ1) is 14.3. The van der Waals surface area contributed by atoms with Crippen molar-refractivity contribution in [2.24, 2.45) is 11.8 Å². The van der Waals surface area contributed by atoms with Gasteiger partial charge in [-0.1, -0.05) is 33.3 Å². The van der Waals surface area contributed by atoms with Crippen molar-refractivity contribution in [2.75, 3.05) is 13.1 Å². The van der Waals surface area contributed by atoms with Crippen LogP contribution in [-0.2, 0) is 0 Å². The van der Waals surface area contributed by atoms with Crippen LogP contribution in [0.4, 0.5) is 0 Å². The molecule has 0 saturated heterocycles. The summed E-state index contributed by atoms with van der Waals surface area (Å²) in [5.41, 5.74) is 1.33. The molecule has 0 amide bonds. The minimum Gasteiger partial charge on any atom is -0.445 e. The van der Waals surface area contributed by atoms with E-state index in [2.05, 4.69) is 39.1 Å². The van der Waals surface area contributed by atoms with E-state index in [0.717, 1.165) is 18.8 Å². The van der Waals surface area contributed by atoms with Crippen molar-refractivity contribution in [1.29, 1.82) is 0 Å². The average molecular weight is 256 g/mol. The number of nitrogens with one attached hydrogen (secondary N) is 1. The fourth-order valence-corrected chi connectivity index (χ4v) is 1.67. The largest absolute Gasteiger partial charge is 0.445 e. The summed E-state index contributed by atoms with van der Waals surface area (Å²) in [6, 6.07) is 3.67. The quantitative estimate of drug-likeness (QED) is 0.823. The molecule has 96 valence electrons. The van der Waals surface area contributed by atoms with Crippen molar-refractivity contribution in [3.63, 3.8) is 0 Å². The zero-order valence-electron chi connectivity index (χ0n) is 11.1. The monoisotopic (exact) mass is 255 g/mol. The van der Waals surface area contributed by atoms with E-state index >= 15 is 0 Å². The minimum absolute atomic E-state index is 0.439. The molecule has 1 aromatic rings. The molecule has 1 aromatic heterocycles. The Labute approximate surface area is 109 Å². The van der Waals surface area contributed by atoms with Gasteiger partial charge in [0.2, 0.25) is 0 Å². The molecule has 0 aromatic carbocycles. The molecule has 3 heteroatoms. The number of halogens is 1. The Kier molecular flexibility index (Phi) is 5.79. The lowest BCUT2D eigenvalue weighted by Gasteiger charge is -2.13. The topological polar surface area (TPSA) is 25.2 Å². The summed E-state index contributed by atoms with van der Waals surface area (Å²) in [5, 5.41) is 3.89. The van der Waals surface area contributed by atoms with E-state index < -0.39 is 0 Å². The molecule has 17 heavy (non-hydrogen) atoms. The molecule has 0 bridgehead atoms. The van der Waals surface area contributed by atoms with E-state index in [9.17, 15) is 0 Å². The summed E-state index contributed by atoms with van der Waals surface area (Å²) >= 11 is 5.76. The molecule has 0 aliphatic carbocycles. The molecule has 0 spiro atoms. The molecule has 0 unspecified atom stereocenters. The second-order valence-electron chi connectivity index (χ2n) is 5.04. The van der Waals surface area contributed by atoms with Gasteiger partial charge in [0.1, 0.15) is 5.76 Å². The van der Waals surface area contributed by atoms with Gasteiger partial charge in [-0.3, -0.25) is 0 Å². The van der Waals surface area contributed by atoms with Crippen LogP contribution < -0.4 is 5.32 Å². The number of hydrogen-bond donors (Lipinski definition) is 1. The molecule has 2 nitrogen and oxygen atoms in total. The zero-order chi connectivity index (χ0) is 12.8. The lowest BCUT2D eigenvalue weighted by atomic mass is 10.0. The predicted octanol–water partition coefficient (Wildman–Crippen LogP) is 4.22. The summed E-state index contributed by atoms with van der Waals surface area (Å²) in [4.78, 5) is 0. The standard InChI is InChI=1S/C14H22ClNO/c1-10(2)8-16-9-12(11(3)4)7-13-5-6-14(15)17-13/h5-7,10-11,16H,8-9H2,1-4H3. The van der Waals surface area contributed by atoms with Gasteiger partial charge in [0.05, 0.1) is 0 Å². The van der Waals surface area contributed by atoms with Gasteiger partial charge in [-0.05, 0) is 48.2 Å². The zero-order valence-corrected chi connectivity index (χ0v) is 11.8. The van der Waals surface area contributed by atoms with Gasteiger partial charge in [-0.2, -0.15) is 0 Å². The average Bonchev–Trinajstić information content (AvgIpc) is 2.62. The van der Waals surface area contributed by atoms with E-state index in [0.29, 0.717) is 17.1 Å². The minimum atomic E-state index is 0.439. The maximum absolute atomic E-state index is 5.76. The van der Waals surface area contributed by atoms with Crippen LogP contribution in [0.25, 0.3) is 6.08 Å². The van der Waals surface area contributed by atoms with Crippen LogP contribution in [0.2, 0.25) is 5.22 Å². The first-order valence-electron chi connectivity index (χ1n) is 6.15. The molecular weight excluding hydrogens is 234 g/mol. The molecular formula is C14H22ClNO. The number of furan rings is 1. The Morgan fingerprint density at radius 1 is 1.35 bits per heavy atom. The maximum atomic E-state index is 5.76. The van der Waals surface area contributed by atoms with E-state index in [4.69, 9.17) is 16.0 Å². The third-order valence-electron chi connectivity index (χ3n) is 2.54. The molecule has 1 heterocycles. The number of hydrogen-bond acceptors (Lipinski definition) is 2. The van der Waals surface area contributed by atoms with Crippen molar-refractivity contribution < 1.29 is 4.42 Å². The Balaban J connectivity index is 2.62. The highest BCUT2D eigenvalue weighted by molar-refractivity contribution is 6.28. The summed E-state index contributed by atoms with van der Waals surface area (Å²) < 4.78 is 5.35. The van der Waals surface area contributed by atoms with Crippen molar-refractivity contribution in [3.8, 4) is 0 Å². The van der Waals surface area contributed by atoms with Gasteiger partial charge in [0, 0.05) is 6.54 Å². The van der Waals surface area contributed by atoms with Crippen molar-refractivity contribution in [2.45, 2.75) is 27.7 Å². The van der Waals surface area contributed by atoms with Gasteiger partial charge in [0.15, 0.2) is 5.22 Å². The lowest BCUT2D eigenvalue weighted by Crippen LogP contribution is -2.23. The van der Waals surface area contributed by atoms with Crippen LogP contribution in [0.15, 0.2) is 22.1 Å². The number of rotatable bonds is 6. The molecule has 1 N–H and O–H groups in total. The highest BCUT2D eigenvalue weighted by atomic mass is 35.5. The van der Waals surface area contributed by atoms with Crippen molar-refractivity contribution in [1.82, 2.24) is 5.32 Å². The highest BCUT2D eigenvalue weighted by Crippen LogP contribution is 2.18. The first-order chi connectivity index (χ1) is 7.99. The first-order valence-corrected chi connectivity index (χ1v) is 6.53. The van der Waals surface area contributed by atoms with E-state index in [1.54, 1.807) is 6.07 Å². The Morgan fingerprint density at radius 2 is 2.06 bits per heavy atom. The molecule has 0 aliphatic rings. The van der Waals surface area contributed by atoms with E-state index in [-0.39, 0.29) is 0 Å². The molecule has 0 fully saturated rings. The molecule has 0 saturated carbocycles. The molecule has 1 rings (SSSR count). The SMILES string of the molecule is CC(C)CNCC(=Cc1ccc(Cl)o1)C(C)C. The maximum Gasteiger partial charge on any atom is 0.193 e. The Morgan fingerprint density at radius 3 is 2.53 bits per heavy atom. The van der Waals surface area contributed by atoms with Crippen LogP contribution >= 0.6 is 11.6 Å². The van der Waals surface area contributed by atoms with Gasteiger partial charge in [-0.15, -0.1) is 0 Å². The van der Waals surface area contributed by atoms with Crippen LogP contribution in [0, 0.1) is 11.8 Å². The second kappa shape index (κ2) is 6.87. The molecule has 0 atom stereocenters. The van der Waals surface area contributed by atoms with Crippen LogP contribution in [-0.4, -0.2) is 13.1 Å². The fraction of sp³-hybridized carbons (Fsp3) is 0.571. The highest BCUT2D eigenvalue weighted by Gasteiger charge is 2.05.